The van der Waals surface area contributed by atoms with Crippen LogP contribution in [0.2, 0.25) is 0 Å². The molecule has 0 bridgehead atoms. The van der Waals surface area contributed by atoms with Crippen molar-refractivity contribution in [2.75, 3.05) is 18.4 Å². The van der Waals surface area contributed by atoms with Gasteiger partial charge < -0.3 is 5.32 Å². The number of carbonyl (C=O) groups is 1. The van der Waals surface area contributed by atoms with Crippen LogP contribution in [0.1, 0.15) is 18.4 Å². The lowest BCUT2D eigenvalue weighted by molar-refractivity contribution is -0.120. The number of nitrogens with one attached hydrogen (secondary N) is 1. The highest BCUT2D eigenvalue weighted by Gasteiger charge is 2.33. The van der Waals surface area contributed by atoms with E-state index in [9.17, 15) is 13.2 Å². The molecule has 0 radical (unpaired) electrons. The highest BCUT2D eigenvalue weighted by molar-refractivity contribution is 7.91. The maximum atomic E-state index is 12.6. The van der Waals surface area contributed by atoms with Gasteiger partial charge in [0.2, 0.25) is 5.91 Å². The summed E-state index contributed by atoms with van der Waals surface area (Å²) < 4.78 is 27.0. The maximum Gasteiger partial charge on any atom is 0.252 e. The summed E-state index contributed by atoms with van der Waals surface area (Å²) in [5.74, 6) is 1.97. The Bertz CT molecular complexity index is 899. The molecule has 0 spiro atoms. The molecule has 25 heavy (non-hydrogen) atoms. The van der Waals surface area contributed by atoms with Crippen molar-refractivity contribution in [3.8, 4) is 12.3 Å². The molecule has 7 heteroatoms. The van der Waals surface area contributed by atoms with E-state index >= 15 is 0 Å². The van der Waals surface area contributed by atoms with Crippen molar-refractivity contribution >= 4 is 33.0 Å². The van der Waals surface area contributed by atoms with Gasteiger partial charge in [-0.15, -0.1) is 17.8 Å². The van der Waals surface area contributed by atoms with Gasteiger partial charge in [0.05, 0.1) is 5.92 Å². The highest BCUT2D eigenvalue weighted by Crippen LogP contribution is 2.27. The highest BCUT2D eigenvalue weighted by atomic mass is 32.2. The van der Waals surface area contributed by atoms with Crippen LogP contribution in [0.25, 0.3) is 0 Å². The number of nitrogens with zero attached hydrogens (tertiary/aromatic N) is 1. The first kappa shape index (κ1) is 17.7. The minimum atomic E-state index is -3.52. The predicted octanol–water partition coefficient (Wildman–Crippen LogP) is 2.77. The average Bonchev–Trinajstić information content (AvgIpc) is 3.17. The summed E-state index contributed by atoms with van der Waals surface area (Å²) in [7, 11) is -3.52. The third-order valence-electron chi connectivity index (χ3n) is 4.14. The van der Waals surface area contributed by atoms with Gasteiger partial charge in [-0.3, -0.25) is 4.79 Å². The molecule has 1 aromatic carbocycles. The van der Waals surface area contributed by atoms with Gasteiger partial charge in [-0.2, -0.15) is 4.31 Å². The molecular weight excluding hydrogens is 356 g/mol. The lowest BCUT2D eigenvalue weighted by Gasteiger charge is -2.30. The number of amides is 1. The molecule has 1 N–H and O–H groups in total. The quantitative estimate of drug-likeness (QED) is 0.837. The Morgan fingerprint density at radius 2 is 2.16 bits per heavy atom. The first-order valence-electron chi connectivity index (χ1n) is 7.92. The normalized spacial score (nSPS) is 18.4. The number of rotatable bonds is 4. The Kier molecular flexibility index (Phi) is 5.23. The molecule has 130 valence electrons. The van der Waals surface area contributed by atoms with Crippen LogP contribution < -0.4 is 5.32 Å². The first-order valence-corrected chi connectivity index (χ1v) is 10.2. The van der Waals surface area contributed by atoms with E-state index in [0.29, 0.717) is 34.8 Å². The third-order valence-corrected chi connectivity index (χ3v) is 7.38. The maximum absolute atomic E-state index is 12.6. The monoisotopic (exact) mass is 374 g/mol. The van der Waals surface area contributed by atoms with Crippen molar-refractivity contribution in [1.29, 1.82) is 0 Å². The molecule has 1 amide bonds. The van der Waals surface area contributed by atoms with Gasteiger partial charge in [0, 0.05) is 24.3 Å². The molecule has 1 fully saturated rings. The van der Waals surface area contributed by atoms with Gasteiger partial charge in [0.25, 0.3) is 10.0 Å². The van der Waals surface area contributed by atoms with Crippen LogP contribution in [0.4, 0.5) is 5.69 Å². The van der Waals surface area contributed by atoms with Gasteiger partial charge >= 0.3 is 0 Å². The van der Waals surface area contributed by atoms with Gasteiger partial charge in [0.15, 0.2) is 0 Å². The van der Waals surface area contributed by atoms with E-state index < -0.39 is 10.0 Å². The van der Waals surface area contributed by atoms with Crippen molar-refractivity contribution in [3.05, 3.63) is 47.3 Å². The van der Waals surface area contributed by atoms with Crippen molar-refractivity contribution < 1.29 is 13.2 Å². The number of terminal acetylenes is 1. The van der Waals surface area contributed by atoms with E-state index in [1.54, 1.807) is 41.8 Å². The first-order chi connectivity index (χ1) is 12.0. The summed E-state index contributed by atoms with van der Waals surface area (Å²) in [6.07, 6.45) is 6.69. The summed E-state index contributed by atoms with van der Waals surface area (Å²) in [4.78, 5) is 12.5. The van der Waals surface area contributed by atoms with Crippen LogP contribution in [0.15, 0.2) is 46.0 Å². The smallest absolute Gasteiger partial charge is 0.252 e. The molecule has 3 rings (SSSR count). The van der Waals surface area contributed by atoms with Crippen LogP contribution in [0, 0.1) is 18.3 Å². The van der Waals surface area contributed by atoms with E-state index in [2.05, 4.69) is 11.2 Å². The summed E-state index contributed by atoms with van der Waals surface area (Å²) in [6, 6.07) is 10.4. The van der Waals surface area contributed by atoms with E-state index in [4.69, 9.17) is 6.42 Å². The number of piperidine rings is 1. The summed E-state index contributed by atoms with van der Waals surface area (Å²) in [6.45, 7) is 0.636. The number of hydrogen-bond acceptors (Lipinski definition) is 4. The molecule has 1 aliphatic rings. The van der Waals surface area contributed by atoms with E-state index in [-0.39, 0.29) is 18.4 Å². The number of hydrogen-bond donors (Lipinski definition) is 1. The zero-order valence-electron chi connectivity index (χ0n) is 13.5. The van der Waals surface area contributed by atoms with E-state index in [0.717, 1.165) is 0 Å². The molecule has 1 atom stereocenters. The lowest BCUT2D eigenvalue weighted by atomic mass is 9.98. The van der Waals surface area contributed by atoms with Crippen LogP contribution in [0.3, 0.4) is 0 Å². The Morgan fingerprint density at radius 3 is 2.88 bits per heavy atom. The number of thiophene rings is 1. The fraction of sp³-hybridized carbons (Fsp3) is 0.278. The zero-order chi connectivity index (χ0) is 17.9. The second kappa shape index (κ2) is 7.40. The van der Waals surface area contributed by atoms with E-state index in [1.165, 1.54) is 15.6 Å². The third kappa shape index (κ3) is 3.93. The van der Waals surface area contributed by atoms with Gasteiger partial charge in [0.1, 0.15) is 4.21 Å². The second-order valence-electron chi connectivity index (χ2n) is 5.85. The molecule has 0 saturated carbocycles. The van der Waals surface area contributed by atoms with Crippen LogP contribution in [0.5, 0.6) is 0 Å². The molecular formula is C18H18N2O3S2. The van der Waals surface area contributed by atoms with Crippen LogP contribution in [-0.4, -0.2) is 31.7 Å². The molecule has 5 nitrogen and oxygen atoms in total. The van der Waals surface area contributed by atoms with Crippen molar-refractivity contribution in [2.45, 2.75) is 17.1 Å². The number of benzene rings is 1. The van der Waals surface area contributed by atoms with Crippen molar-refractivity contribution in [1.82, 2.24) is 4.31 Å². The SMILES string of the molecule is C#Cc1cccc(NC(=O)C2CCCN(S(=O)(=O)c3cccs3)C2)c1. The number of sulfonamides is 1. The molecule has 2 aromatic rings. The Balaban J connectivity index is 1.71. The molecule has 1 saturated heterocycles. The van der Waals surface area contributed by atoms with Crippen LogP contribution >= 0.6 is 11.3 Å². The number of anilines is 1. The lowest BCUT2D eigenvalue weighted by Crippen LogP contribution is -2.43. The molecule has 1 aliphatic heterocycles. The molecule has 1 unspecified atom stereocenters. The van der Waals surface area contributed by atoms with E-state index in [1.807, 2.05) is 0 Å². The number of carbonyl (C=O) groups excluding carboxylic acids is 1. The second-order valence-corrected chi connectivity index (χ2v) is 8.96. The molecule has 1 aromatic heterocycles. The topological polar surface area (TPSA) is 66.5 Å². The predicted molar refractivity (Wildman–Crippen MR) is 98.8 cm³/mol. The van der Waals surface area contributed by atoms with Crippen LogP contribution in [-0.2, 0) is 14.8 Å². The van der Waals surface area contributed by atoms with Gasteiger partial charge in [-0.1, -0.05) is 18.1 Å². The summed E-state index contributed by atoms with van der Waals surface area (Å²) in [5.41, 5.74) is 1.31. The summed E-state index contributed by atoms with van der Waals surface area (Å²) >= 11 is 1.19. The fourth-order valence-corrected chi connectivity index (χ4v) is 5.51. The largest absolute Gasteiger partial charge is 0.326 e. The minimum absolute atomic E-state index is 0.180. The Labute approximate surface area is 151 Å². The van der Waals surface area contributed by atoms with Crippen molar-refractivity contribution in [3.63, 3.8) is 0 Å². The fourth-order valence-electron chi connectivity index (χ4n) is 2.84. The Morgan fingerprint density at radius 1 is 1.32 bits per heavy atom. The molecule has 0 aliphatic carbocycles. The van der Waals surface area contributed by atoms with Gasteiger partial charge in [-0.05, 0) is 42.5 Å². The standard InChI is InChI=1S/C18H18N2O3S2/c1-2-14-6-3-8-16(12-14)19-18(21)15-7-4-10-20(13-15)25(22,23)17-9-5-11-24-17/h1,3,5-6,8-9,11-12,15H,4,7,10,13H2,(H,19,21). The molecule has 2 heterocycles. The van der Waals surface area contributed by atoms with Gasteiger partial charge in [-0.25, -0.2) is 8.42 Å². The summed E-state index contributed by atoms with van der Waals surface area (Å²) in [5, 5.41) is 4.58. The van der Waals surface area contributed by atoms with Crippen molar-refractivity contribution in [2.24, 2.45) is 5.92 Å². The zero-order valence-corrected chi connectivity index (χ0v) is 15.1. The minimum Gasteiger partial charge on any atom is -0.326 e. The Hall–Kier alpha value is -2.14. The average molecular weight is 374 g/mol.